The average Bonchev–Trinajstić information content (AvgIpc) is 2.00. The van der Waals surface area contributed by atoms with E-state index in [9.17, 15) is 4.79 Å². The molecule has 12 heavy (non-hydrogen) atoms. The predicted octanol–water partition coefficient (Wildman–Crippen LogP) is -0.562. The first-order valence-corrected chi connectivity index (χ1v) is 4.19. The maximum Gasteiger partial charge on any atom is 0.309 e. The highest BCUT2D eigenvalue weighted by Gasteiger charge is 2.26. The molecule has 0 saturated carbocycles. The van der Waals surface area contributed by atoms with E-state index in [1.54, 1.807) is 0 Å². The molecule has 4 heteroatoms. The van der Waals surface area contributed by atoms with E-state index in [1.165, 1.54) is 7.11 Å². The first kappa shape index (κ1) is 9.48. The van der Waals surface area contributed by atoms with Gasteiger partial charge in [-0.15, -0.1) is 0 Å². The molecule has 1 rings (SSSR count). The molecule has 0 radical (unpaired) electrons. The average molecular weight is 172 g/mol. The molecule has 0 aromatic heterocycles. The minimum absolute atomic E-state index is 0.0394. The van der Waals surface area contributed by atoms with Gasteiger partial charge in [0.25, 0.3) is 0 Å². The number of hydrogen-bond donors (Lipinski definition) is 1. The van der Waals surface area contributed by atoms with Crippen LogP contribution < -0.4 is 5.73 Å². The van der Waals surface area contributed by atoms with E-state index in [0.29, 0.717) is 6.04 Å². The van der Waals surface area contributed by atoms with Gasteiger partial charge in [0.1, 0.15) is 0 Å². The van der Waals surface area contributed by atoms with E-state index in [4.69, 9.17) is 5.73 Å². The molecule has 0 amide bonds. The second-order valence-electron chi connectivity index (χ2n) is 3.40. The van der Waals surface area contributed by atoms with Crippen LogP contribution in [-0.4, -0.2) is 43.7 Å². The Balaban J connectivity index is 2.18. The summed E-state index contributed by atoms with van der Waals surface area (Å²) in [5.41, 5.74) is 5.60. The molecular weight excluding hydrogens is 156 g/mol. The van der Waals surface area contributed by atoms with Crippen molar-refractivity contribution in [3.05, 3.63) is 0 Å². The predicted molar refractivity (Wildman–Crippen MR) is 45.6 cm³/mol. The highest BCUT2D eigenvalue weighted by Crippen LogP contribution is 2.09. The van der Waals surface area contributed by atoms with Crippen LogP contribution in [0.5, 0.6) is 0 Å². The first-order chi connectivity index (χ1) is 5.63. The number of esters is 1. The van der Waals surface area contributed by atoms with Crippen molar-refractivity contribution in [1.82, 2.24) is 4.90 Å². The highest BCUT2D eigenvalue weighted by atomic mass is 16.5. The summed E-state index contributed by atoms with van der Waals surface area (Å²) in [6, 6.07) is 0.301. The number of carbonyl (C=O) groups is 1. The fraction of sp³-hybridized carbons (Fsp3) is 0.875. The van der Waals surface area contributed by atoms with Crippen LogP contribution in [0.15, 0.2) is 0 Å². The fourth-order valence-electron chi connectivity index (χ4n) is 1.42. The lowest BCUT2D eigenvalue weighted by Gasteiger charge is -2.37. The summed E-state index contributed by atoms with van der Waals surface area (Å²) >= 11 is 0. The zero-order valence-corrected chi connectivity index (χ0v) is 7.62. The van der Waals surface area contributed by atoms with Crippen LogP contribution in [0.4, 0.5) is 0 Å². The van der Waals surface area contributed by atoms with Gasteiger partial charge in [-0.3, -0.25) is 9.69 Å². The molecule has 0 aliphatic carbocycles. The lowest BCUT2D eigenvalue weighted by atomic mass is 10.1. The Kier molecular flexibility index (Phi) is 3.05. The van der Waals surface area contributed by atoms with Gasteiger partial charge in [0.15, 0.2) is 0 Å². The van der Waals surface area contributed by atoms with Crippen molar-refractivity contribution in [2.75, 3.05) is 26.7 Å². The van der Waals surface area contributed by atoms with Crippen LogP contribution >= 0.6 is 0 Å². The van der Waals surface area contributed by atoms with E-state index < -0.39 is 0 Å². The molecule has 1 fully saturated rings. The third-order valence-corrected chi connectivity index (χ3v) is 2.12. The summed E-state index contributed by atoms with van der Waals surface area (Å²) in [7, 11) is 1.42. The SMILES string of the molecule is COC(=O)C(C)CN1CC(N)C1. The fourth-order valence-corrected chi connectivity index (χ4v) is 1.42. The number of rotatable bonds is 3. The minimum Gasteiger partial charge on any atom is -0.469 e. The molecule has 1 unspecified atom stereocenters. The van der Waals surface area contributed by atoms with Crippen molar-refractivity contribution in [3.8, 4) is 0 Å². The third kappa shape index (κ3) is 2.19. The zero-order chi connectivity index (χ0) is 9.14. The molecule has 70 valence electrons. The van der Waals surface area contributed by atoms with Crippen LogP contribution in [0, 0.1) is 5.92 Å². The van der Waals surface area contributed by atoms with Gasteiger partial charge in [-0.1, -0.05) is 6.92 Å². The van der Waals surface area contributed by atoms with Crippen LogP contribution in [0.2, 0.25) is 0 Å². The molecule has 2 N–H and O–H groups in total. The molecule has 1 aliphatic heterocycles. The Morgan fingerprint density at radius 2 is 2.33 bits per heavy atom. The van der Waals surface area contributed by atoms with Crippen LogP contribution in [-0.2, 0) is 9.53 Å². The summed E-state index contributed by atoms with van der Waals surface area (Å²) in [5.74, 6) is -0.182. The van der Waals surface area contributed by atoms with Gasteiger partial charge in [0.05, 0.1) is 13.0 Å². The van der Waals surface area contributed by atoms with Crippen molar-refractivity contribution in [2.24, 2.45) is 11.7 Å². The van der Waals surface area contributed by atoms with E-state index in [0.717, 1.165) is 19.6 Å². The molecule has 0 bridgehead atoms. The molecule has 1 saturated heterocycles. The Bertz CT molecular complexity index is 166. The van der Waals surface area contributed by atoms with Crippen molar-refractivity contribution in [3.63, 3.8) is 0 Å². The van der Waals surface area contributed by atoms with Gasteiger partial charge in [0.2, 0.25) is 0 Å². The third-order valence-electron chi connectivity index (χ3n) is 2.12. The summed E-state index contributed by atoms with van der Waals surface area (Å²) in [5, 5.41) is 0. The van der Waals surface area contributed by atoms with Gasteiger partial charge >= 0.3 is 5.97 Å². The highest BCUT2D eigenvalue weighted by molar-refractivity contribution is 5.72. The van der Waals surface area contributed by atoms with E-state index in [2.05, 4.69) is 9.64 Å². The van der Waals surface area contributed by atoms with Gasteiger partial charge in [-0.2, -0.15) is 0 Å². The number of nitrogens with zero attached hydrogens (tertiary/aromatic N) is 1. The molecule has 1 heterocycles. The number of methoxy groups -OCH3 is 1. The van der Waals surface area contributed by atoms with E-state index in [-0.39, 0.29) is 11.9 Å². The van der Waals surface area contributed by atoms with Crippen LogP contribution in [0.3, 0.4) is 0 Å². The van der Waals surface area contributed by atoms with Gasteiger partial charge in [-0.25, -0.2) is 0 Å². The Morgan fingerprint density at radius 1 is 1.75 bits per heavy atom. The zero-order valence-electron chi connectivity index (χ0n) is 7.62. The molecular formula is C8H16N2O2. The van der Waals surface area contributed by atoms with Gasteiger partial charge < -0.3 is 10.5 Å². The molecule has 1 aliphatic rings. The summed E-state index contributed by atoms with van der Waals surface area (Å²) in [6.45, 7) is 4.44. The Labute approximate surface area is 72.7 Å². The monoisotopic (exact) mass is 172 g/mol. The lowest BCUT2D eigenvalue weighted by molar-refractivity contribution is -0.145. The minimum atomic E-state index is -0.143. The number of nitrogens with two attached hydrogens (primary N) is 1. The van der Waals surface area contributed by atoms with Gasteiger partial charge in [0, 0.05) is 25.7 Å². The number of carbonyl (C=O) groups excluding carboxylic acids is 1. The number of ether oxygens (including phenoxy) is 1. The Hall–Kier alpha value is -0.610. The second-order valence-corrected chi connectivity index (χ2v) is 3.40. The normalized spacial score (nSPS) is 21.6. The van der Waals surface area contributed by atoms with Crippen molar-refractivity contribution < 1.29 is 9.53 Å². The maximum atomic E-state index is 11.0. The molecule has 0 spiro atoms. The first-order valence-electron chi connectivity index (χ1n) is 4.19. The summed E-state index contributed by atoms with van der Waals surface area (Å²) in [6.07, 6.45) is 0. The van der Waals surface area contributed by atoms with Crippen LogP contribution in [0.25, 0.3) is 0 Å². The largest absolute Gasteiger partial charge is 0.469 e. The van der Waals surface area contributed by atoms with Crippen molar-refractivity contribution in [1.29, 1.82) is 0 Å². The molecule has 0 aromatic rings. The number of likely N-dealkylation sites (tertiary alicyclic amines) is 1. The Morgan fingerprint density at radius 3 is 2.75 bits per heavy atom. The van der Waals surface area contributed by atoms with Gasteiger partial charge in [-0.05, 0) is 0 Å². The summed E-state index contributed by atoms with van der Waals surface area (Å²) in [4.78, 5) is 13.1. The quantitative estimate of drug-likeness (QED) is 0.580. The van der Waals surface area contributed by atoms with Crippen molar-refractivity contribution in [2.45, 2.75) is 13.0 Å². The van der Waals surface area contributed by atoms with Crippen LogP contribution in [0.1, 0.15) is 6.92 Å². The maximum absolute atomic E-state index is 11.0. The standard InChI is InChI=1S/C8H16N2O2/c1-6(8(11)12-2)3-10-4-7(9)5-10/h6-7H,3-5,9H2,1-2H3. The lowest BCUT2D eigenvalue weighted by Crippen LogP contribution is -2.57. The second kappa shape index (κ2) is 3.87. The molecule has 1 atom stereocenters. The summed E-state index contributed by atoms with van der Waals surface area (Å²) < 4.78 is 4.61. The topological polar surface area (TPSA) is 55.6 Å². The van der Waals surface area contributed by atoms with E-state index >= 15 is 0 Å². The number of hydrogen-bond acceptors (Lipinski definition) is 4. The molecule has 0 aromatic carbocycles. The smallest absolute Gasteiger partial charge is 0.309 e. The van der Waals surface area contributed by atoms with E-state index in [1.807, 2.05) is 6.92 Å². The molecule has 4 nitrogen and oxygen atoms in total. The van der Waals surface area contributed by atoms with Crippen molar-refractivity contribution >= 4 is 5.97 Å².